The minimum atomic E-state index is -5.03. The smallest absolute Gasteiger partial charge is 0.403 e. The largest absolute Gasteiger partial charge is 0.524 e. The van der Waals surface area contributed by atoms with Crippen LogP contribution in [0.5, 0.6) is 23.0 Å². The van der Waals surface area contributed by atoms with Gasteiger partial charge in [-0.25, -0.2) is 9.13 Å². The van der Waals surface area contributed by atoms with E-state index in [9.17, 15) is 0 Å². The van der Waals surface area contributed by atoms with Gasteiger partial charge < -0.3 is 18.1 Å². The summed E-state index contributed by atoms with van der Waals surface area (Å²) in [7, 11) is -10.1. The van der Waals surface area contributed by atoms with Crippen LogP contribution in [0.3, 0.4) is 0 Å². The Balaban J connectivity index is 1.10. The summed E-state index contributed by atoms with van der Waals surface area (Å²) in [6.45, 7) is 8.20. The Morgan fingerprint density at radius 2 is 0.481 bits per heavy atom. The standard InChI is InChI=1S/C68H49NO6P2/c1-41-21-5-13-29-49(41)57-37-45-25-9-17-33-53(45)61-62-54-34-18-10-26-46(54)38-58(50-30-14-6-22-42(50)2)66(62)73-76(70,72-65(57)61)69-77(71)74-67-59(51-31-15-7-23-43(51)3)39-47-27-11-19-35-55(47)63(67)64-56-36-20-12-28-48(56)40-60(68(64)75-77)52-32-16-8-24-44(52)4/h5-40H,1-4H3,(H,69,70,71). The van der Waals surface area contributed by atoms with Crippen molar-refractivity contribution >= 4 is 58.6 Å². The summed E-state index contributed by atoms with van der Waals surface area (Å²) in [6.07, 6.45) is 0. The number of aryl methyl sites for hydroxylation is 4. The van der Waals surface area contributed by atoms with Gasteiger partial charge in [-0.15, -0.1) is 0 Å². The predicted octanol–water partition coefficient (Wildman–Crippen LogP) is 19.6. The van der Waals surface area contributed by atoms with Crippen LogP contribution in [0.1, 0.15) is 22.3 Å². The highest BCUT2D eigenvalue weighted by Gasteiger charge is 2.50. The van der Waals surface area contributed by atoms with Gasteiger partial charge in [-0.2, -0.15) is 0 Å². The fourth-order valence-electron chi connectivity index (χ4n) is 11.7. The molecule has 2 heterocycles. The van der Waals surface area contributed by atoms with Gasteiger partial charge >= 0.3 is 15.5 Å². The minimum absolute atomic E-state index is 0.292. The van der Waals surface area contributed by atoms with Crippen LogP contribution in [0.15, 0.2) is 218 Å². The Morgan fingerprint density at radius 3 is 0.714 bits per heavy atom. The van der Waals surface area contributed by atoms with Crippen molar-refractivity contribution in [3.05, 3.63) is 241 Å². The fraction of sp³-hybridized carbons (Fsp3) is 0.0588. The summed E-state index contributed by atoms with van der Waals surface area (Å²) >= 11 is 0. The summed E-state index contributed by atoms with van der Waals surface area (Å²) in [5.74, 6) is 1.17. The minimum Gasteiger partial charge on any atom is -0.403 e. The Labute approximate surface area is 446 Å². The lowest BCUT2D eigenvalue weighted by atomic mass is 9.85. The second-order valence-electron chi connectivity index (χ2n) is 20.1. The van der Waals surface area contributed by atoms with Crippen molar-refractivity contribution in [2.75, 3.05) is 0 Å². The molecule has 0 spiro atoms. The van der Waals surface area contributed by atoms with Crippen LogP contribution in [0.4, 0.5) is 0 Å². The van der Waals surface area contributed by atoms with Gasteiger partial charge in [0.05, 0.1) is 0 Å². The molecule has 0 amide bonds. The molecule has 77 heavy (non-hydrogen) atoms. The monoisotopic (exact) mass is 1040 g/mol. The number of nitrogens with one attached hydrogen (secondary N) is 1. The maximum Gasteiger partial charge on any atom is 0.524 e. The molecule has 2 aliphatic heterocycles. The van der Waals surface area contributed by atoms with Crippen molar-refractivity contribution in [3.63, 3.8) is 0 Å². The number of fused-ring (bicyclic) bond motifs is 14. The van der Waals surface area contributed by atoms with Crippen LogP contribution in [0.25, 0.3) is 110 Å². The van der Waals surface area contributed by atoms with Crippen LogP contribution in [-0.4, -0.2) is 0 Å². The first-order valence-electron chi connectivity index (χ1n) is 25.8. The molecule has 0 saturated carbocycles. The highest BCUT2D eigenvalue weighted by Crippen LogP contribution is 2.69. The Kier molecular flexibility index (Phi) is 10.9. The summed E-state index contributed by atoms with van der Waals surface area (Å²) in [5, 5.41) is 7.18. The molecule has 7 nitrogen and oxygen atoms in total. The van der Waals surface area contributed by atoms with Gasteiger partial charge in [0.2, 0.25) is 0 Å². The molecular formula is C68H49NO6P2. The zero-order chi connectivity index (χ0) is 52.2. The van der Waals surface area contributed by atoms with E-state index in [2.05, 4.69) is 77.7 Å². The SMILES string of the molecule is Cc1ccccc1-c1cc2ccccc2c2c1OP(=O)(NP1(=O)Oc3c(-c4ccccc4C)cc4ccccc4c3-c3c(c(-c4ccccc4C)cc4ccccc34)O1)Oc1c(-c3ccccc3C)cc3ccccc3c1-2. The first-order chi connectivity index (χ1) is 37.5. The number of hydrogen-bond donors (Lipinski definition) is 1. The maximum atomic E-state index is 17.2. The van der Waals surface area contributed by atoms with Crippen LogP contribution >= 0.6 is 15.5 Å². The molecule has 0 aliphatic carbocycles. The number of rotatable bonds is 6. The summed E-state index contributed by atoms with van der Waals surface area (Å²) in [4.78, 5) is 3.04. The lowest BCUT2D eigenvalue weighted by Crippen LogP contribution is -2.21. The van der Waals surface area contributed by atoms with E-state index in [0.717, 1.165) is 87.6 Å². The number of benzene rings is 12. The summed E-state index contributed by atoms with van der Waals surface area (Å²) in [5.41, 5.74) is 12.8. The van der Waals surface area contributed by atoms with Gasteiger partial charge in [0, 0.05) is 44.5 Å². The lowest BCUT2D eigenvalue weighted by Gasteiger charge is -2.26. The van der Waals surface area contributed by atoms with Crippen molar-refractivity contribution in [1.29, 1.82) is 0 Å². The quantitative estimate of drug-likeness (QED) is 0.166. The van der Waals surface area contributed by atoms with Crippen molar-refractivity contribution in [3.8, 4) is 89.8 Å². The van der Waals surface area contributed by atoms with Gasteiger partial charge in [-0.1, -0.05) is 199 Å². The van der Waals surface area contributed by atoms with Crippen LogP contribution in [0.2, 0.25) is 0 Å². The molecule has 9 heteroatoms. The van der Waals surface area contributed by atoms with Crippen LogP contribution < -0.4 is 23.0 Å². The second-order valence-corrected chi connectivity index (χ2v) is 23.6. The normalized spacial score (nSPS) is 14.0. The average Bonchev–Trinajstić information content (AvgIpc) is 3.97. The van der Waals surface area contributed by atoms with Crippen LogP contribution in [0, 0.1) is 27.7 Å². The van der Waals surface area contributed by atoms with E-state index in [-0.39, 0.29) is 0 Å². The molecule has 12 aromatic rings. The first-order valence-corrected chi connectivity index (χ1v) is 28.9. The molecule has 0 saturated heterocycles. The molecule has 12 aromatic carbocycles. The van der Waals surface area contributed by atoms with Crippen molar-refractivity contribution in [1.82, 2.24) is 4.86 Å². The Morgan fingerprint density at radius 1 is 0.273 bits per heavy atom. The summed E-state index contributed by atoms with van der Waals surface area (Å²) < 4.78 is 63.2. The zero-order valence-electron chi connectivity index (χ0n) is 42.6. The van der Waals surface area contributed by atoms with E-state index in [0.29, 0.717) is 67.5 Å². The van der Waals surface area contributed by atoms with E-state index in [4.69, 9.17) is 18.1 Å². The molecule has 0 radical (unpaired) electrons. The first kappa shape index (κ1) is 46.8. The predicted molar refractivity (Wildman–Crippen MR) is 315 cm³/mol. The van der Waals surface area contributed by atoms with Gasteiger partial charge in [0.25, 0.3) is 0 Å². The third kappa shape index (κ3) is 7.68. The zero-order valence-corrected chi connectivity index (χ0v) is 44.4. The topological polar surface area (TPSA) is 83.1 Å². The van der Waals surface area contributed by atoms with Crippen molar-refractivity contribution < 1.29 is 27.2 Å². The average molecular weight is 1040 g/mol. The molecule has 0 atom stereocenters. The van der Waals surface area contributed by atoms with E-state index >= 15 is 9.13 Å². The van der Waals surface area contributed by atoms with E-state index in [1.54, 1.807) is 0 Å². The molecule has 2 aliphatic rings. The van der Waals surface area contributed by atoms with Gasteiger partial charge in [0.15, 0.2) is 0 Å². The third-order valence-corrected chi connectivity index (χ3v) is 19.0. The Bertz CT molecular complexity index is 4010. The second kappa shape index (κ2) is 18.0. The maximum absolute atomic E-state index is 17.2. The molecule has 0 fully saturated rings. The Hall–Kier alpha value is -8.70. The molecular weight excluding hydrogens is 989 g/mol. The van der Waals surface area contributed by atoms with Crippen molar-refractivity contribution in [2.24, 2.45) is 0 Å². The van der Waals surface area contributed by atoms with E-state index in [1.807, 2.05) is 173 Å². The molecule has 0 aromatic heterocycles. The molecule has 1 N–H and O–H groups in total. The van der Waals surface area contributed by atoms with E-state index < -0.39 is 15.5 Å². The molecule has 0 unspecified atom stereocenters. The van der Waals surface area contributed by atoms with E-state index in [1.165, 1.54) is 0 Å². The highest BCUT2D eigenvalue weighted by atomic mass is 31.3. The van der Waals surface area contributed by atoms with Crippen molar-refractivity contribution in [2.45, 2.75) is 27.7 Å². The molecule has 0 bridgehead atoms. The number of hydrogen-bond acceptors (Lipinski definition) is 6. The van der Waals surface area contributed by atoms with Crippen LogP contribution in [-0.2, 0) is 9.13 Å². The van der Waals surface area contributed by atoms with Gasteiger partial charge in [-0.3, -0.25) is 0 Å². The van der Waals surface area contributed by atoms with Gasteiger partial charge in [-0.05, 0) is 140 Å². The molecule has 14 rings (SSSR count). The lowest BCUT2D eigenvalue weighted by molar-refractivity contribution is 0.359. The van der Waals surface area contributed by atoms with Gasteiger partial charge in [0.1, 0.15) is 23.0 Å². The highest BCUT2D eigenvalue weighted by molar-refractivity contribution is 7.68. The fourth-order valence-corrected chi connectivity index (χ4v) is 15.4. The summed E-state index contributed by atoms with van der Waals surface area (Å²) in [6, 6.07) is 73.2. The molecule has 372 valence electrons. The third-order valence-electron chi connectivity index (χ3n) is 15.3.